The van der Waals surface area contributed by atoms with Crippen LogP contribution in [-0.2, 0) is 0 Å². The molecule has 2 nitrogen and oxygen atoms in total. The summed E-state index contributed by atoms with van der Waals surface area (Å²) in [7, 11) is 2.27. The van der Waals surface area contributed by atoms with Crippen molar-refractivity contribution in [2.45, 2.75) is 51.5 Å². The first-order valence-corrected chi connectivity index (χ1v) is 6.25. The molecule has 1 saturated heterocycles. The third-order valence-electron chi connectivity index (χ3n) is 3.28. The molecule has 1 rings (SSSR count). The summed E-state index contributed by atoms with van der Waals surface area (Å²) in [6.07, 6.45) is 8.20. The Morgan fingerprint density at radius 1 is 1.29 bits per heavy atom. The maximum Gasteiger partial charge on any atom is 0.0104 e. The molecule has 0 saturated carbocycles. The number of rotatable bonds is 6. The van der Waals surface area contributed by atoms with E-state index in [4.69, 9.17) is 0 Å². The van der Waals surface area contributed by atoms with Crippen LogP contribution in [0.25, 0.3) is 0 Å². The lowest BCUT2D eigenvalue weighted by atomic mass is 10.0. The van der Waals surface area contributed by atoms with Crippen LogP contribution in [0.15, 0.2) is 0 Å². The Hall–Kier alpha value is -0.0800. The molecular formula is C12H26N2. The normalized spacial score (nSPS) is 24.0. The summed E-state index contributed by atoms with van der Waals surface area (Å²) in [5, 5.41) is 3.53. The van der Waals surface area contributed by atoms with E-state index in [0.717, 1.165) is 6.04 Å². The number of hydrogen-bond acceptors (Lipinski definition) is 2. The maximum atomic E-state index is 3.53. The third kappa shape index (κ3) is 4.43. The van der Waals surface area contributed by atoms with Crippen LogP contribution < -0.4 is 5.32 Å². The van der Waals surface area contributed by atoms with Crippen molar-refractivity contribution in [2.24, 2.45) is 0 Å². The Morgan fingerprint density at radius 3 is 2.86 bits per heavy atom. The zero-order valence-corrected chi connectivity index (χ0v) is 9.89. The quantitative estimate of drug-likeness (QED) is 0.659. The van der Waals surface area contributed by atoms with Crippen molar-refractivity contribution < 1.29 is 0 Å². The van der Waals surface area contributed by atoms with Crippen LogP contribution in [0.5, 0.6) is 0 Å². The summed E-state index contributed by atoms with van der Waals surface area (Å²) >= 11 is 0. The first-order chi connectivity index (χ1) is 6.84. The molecule has 1 fully saturated rings. The predicted octanol–water partition coefficient (Wildman–Crippen LogP) is 2.25. The third-order valence-corrected chi connectivity index (χ3v) is 3.28. The topological polar surface area (TPSA) is 15.3 Å². The number of piperidine rings is 1. The van der Waals surface area contributed by atoms with Crippen LogP contribution in [0.3, 0.4) is 0 Å². The van der Waals surface area contributed by atoms with Gasteiger partial charge in [0.1, 0.15) is 0 Å². The second-order valence-corrected chi connectivity index (χ2v) is 4.52. The van der Waals surface area contributed by atoms with E-state index < -0.39 is 0 Å². The Balaban J connectivity index is 1.99. The van der Waals surface area contributed by atoms with Gasteiger partial charge in [0, 0.05) is 6.04 Å². The van der Waals surface area contributed by atoms with Crippen molar-refractivity contribution in [1.29, 1.82) is 0 Å². The molecule has 0 aliphatic carbocycles. The van der Waals surface area contributed by atoms with Crippen LogP contribution in [0.4, 0.5) is 0 Å². The van der Waals surface area contributed by atoms with E-state index in [9.17, 15) is 0 Å². The zero-order valence-electron chi connectivity index (χ0n) is 9.89. The van der Waals surface area contributed by atoms with Gasteiger partial charge in [0.15, 0.2) is 0 Å². The van der Waals surface area contributed by atoms with Crippen LogP contribution in [0, 0.1) is 0 Å². The molecule has 0 amide bonds. The smallest absolute Gasteiger partial charge is 0.0104 e. The molecule has 1 N–H and O–H groups in total. The van der Waals surface area contributed by atoms with Crippen LogP contribution in [0.1, 0.15) is 45.4 Å². The summed E-state index contributed by atoms with van der Waals surface area (Å²) in [6, 6.07) is 0.845. The SMILES string of the molecule is CCCCNCCC1CCCCN1C. The first kappa shape index (κ1) is 12.0. The fraction of sp³-hybridized carbons (Fsp3) is 1.00. The second kappa shape index (κ2) is 7.24. The molecular weight excluding hydrogens is 172 g/mol. The number of nitrogens with one attached hydrogen (secondary N) is 1. The summed E-state index contributed by atoms with van der Waals surface area (Å²) < 4.78 is 0. The lowest BCUT2D eigenvalue weighted by molar-refractivity contribution is 0.175. The average Bonchev–Trinajstić information content (AvgIpc) is 2.20. The van der Waals surface area contributed by atoms with Gasteiger partial charge in [0.05, 0.1) is 0 Å². The Morgan fingerprint density at radius 2 is 2.14 bits per heavy atom. The van der Waals surface area contributed by atoms with Gasteiger partial charge in [-0.25, -0.2) is 0 Å². The van der Waals surface area contributed by atoms with Crippen molar-refractivity contribution in [1.82, 2.24) is 10.2 Å². The van der Waals surface area contributed by atoms with Crippen molar-refractivity contribution in [2.75, 3.05) is 26.7 Å². The molecule has 14 heavy (non-hydrogen) atoms. The number of hydrogen-bond donors (Lipinski definition) is 1. The lowest BCUT2D eigenvalue weighted by Gasteiger charge is -2.32. The van der Waals surface area contributed by atoms with Gasteiger partial charge in [0.25, 0.3) is 0 Å². The lowest BCUT2D eigenvalue weighted by Crippen LogP contribution is -2.38. The van der Waals surface area contributed by atoms with Crippen LogP contribution in [0.2, 0.25) is 0 Å². The fourth-order valence-electron chi connectivity index (χ4n) is 2.20. The standard InChI is InChI=1S/C12H26N2/c1-3-4-9-13-10-8-12-7-5-6-11-14(12)2/h12-13H,3-11H2,1-2H3. The molecule has 1 unspecified atom stereocenters. The number of likely N-dealkylation sites (tertiary alicyclic amines) is 1. The van der Waals surface area contributed by atoms with Crippen molar-refractivity contribution >= 4 is 0 Å². The summed E-state index contributed by atoms with van der Waals surface area (Å²) in [5.74, 6) is 0. The van der Waals surface area contributed by atoms with Crippen LogP contribution in [-0.4, -0.2) is 37.6 Å². The summed E-state index contributed by atoms with van der Waals surface area (Å²) in [6.45, 7) is 5.96. The highest BCUT2D eigenvalue weighted by molar-refractivity contribution is 4.74. The molecule has 84 valence electrons. The molecule has 0 spiro atoms. The molecule has 0 aromatic rings. The second-order valence-electron chi connectivity index (χ2n) is 4.52. The van der Waals surface area contributed by atoms with Crippen molar-refractivity contribution in [3.8, 4) is 0 Å². The molecule has 1 atom stereocenters. The maximum absolute atomic E-state index is 3.53. The average molecular weight is 198 g/mol. The minimum atomic E-state index is 0.845. The van der Waals surface area contributed by atoms with E-state index in [1.165, 1.54) is 58.2 Å². The molecule has 0 aromatic carbocycles. The van der Waals surface area contributed by atoms with Gasteiger partial charge in [0.2, 0.25) is 0 Å². The van der Waals surface area contributed by atoms with E-state index in [0.29, 0.717) is 0 Å². The molecule has 1 aliphatic rings. The van der Waals surface area contributed by atoms with E-state index in [1.807, 2.05) is 0 Å². The number of unbranched alkanes of at least 4 members (excludes halogenated alkanes) is 1. The van der Waals surface area contributed by atoms with Gasteiger partial charge < -0.3 is 10.2 Å². The highest BCUT2D eigenvalue weighted by Gasteiger charge is 2.17. The van der Waals surface area contributed by atoms with Gasteiger partial charge in [-0.2, -0.15) is 0 Å². The predicted molar refractivity (Wildman–Crippen MR) is 62.7 cm³/mol. The van der Waals surface area contributed by atoms with E-state index in [1.54, 1.807) is 0 Å². The molecule has 1 heterocycles. The highest BCUT2D eigenvalue weighted by atomic mass is 15.1. The van der Waals surface area contributed by atoms with Crippen molar-refractivity contribution in [3.05, 3.63) is 0 Å². The van der Waals surface area contributed by atoms with E-state index in [2.05, 4.69) is 24.2 Å². The minimum absolute atomic E-state index is 0.845. The van der Waals surface area contributed by atoms with E-state index in [-0.39, 0.29) is 0 Å². The summed E-state index contributed by atoms with van der Waals surface area (Å²) in [5.41, 5.74) is 0. The van der Waals surface area contributed by atoms with Gasteiger partial charge in [-0.05, 0) is 52.4 Å². The summed E-state index contributed by atoms with van der Waals surface area (Å²) in [4.78, 5) is 2.53. The van der Waals surface area contributed by atoms with E-state index >= 15 is 0 Å². The molecule has 0 radical (unpaired) electrons. The minimum Gasteiger partial charge on any atom is -0.317 e. The van der Waals surface area contributed by atoms with Crippen LogP contribution >= 0.6 is 0 Å². The fourth-order valence-corrected chi connectivity index (χ4v) is 2.20. The molecule has 0 aromatic heterocycles. The van der Waals surface area contributed by atoms with Gasteiger partial charge in [-0.15, -0.1) is 0 Å². The Kier molecular flexibility index (Phi) is 6.20. The Labute approximate surface area is 89.1 Å². The van der Waals surface area contributed by atoms with Crippen molar-refractivity contribution in [3.63, 3.8) is 0 Å². The Bertz CT molecular complexity index is 136. The largest absolute Gasteiger partial charge is 0.317 e. The molecule has 0 bridgehead atoms. The monoisotopic (exact) mass is 198 g/mol. The first-order valence-electron chi connectivity index (χ1n) is 6.25. The zero-order chi connectivity index (χ0) is 10.2. The highest BCUT2D eigenvalue weighted by Crippen LogP contribution is 2.16. The van der Waals surface area contributed by atoms with Gasteiger partial charge in [-0.1, -0.05) is 19.8 Å². The van der Waals surface area contributed by atoms with Gasteiger partial charge in [-0.3, -0.25) is 0 Å². The molecule has 2 heteroatoms. The molecule has 1 aliphatic heterocycles. The number of nitrogens with zero attached hydrogens (tertiary/aromatic N) is 1. The van der Waals surface area contributed by atoms with Gasteiger partial charge >= 0.3 is 0 Å².